The third-order valence-electron chi connectivity index (χ3n) is 2.53. The molecule has 0 amide bonds. The van der Waals surface area contributed by atoms with E-state index in [-0.39, 0.29) is 12.4 Å². The molecule has 0 aliphatic rings. The fraction of sp³-hybridized carbons (Fsp3) is 0.667. The number of ketones is 1. The number of hydrogen-bond acceptors (Lipinski definition) is 3. The lowest BCUT2D eigenvalue weighted by Gasteiger charge is -2.05. The summed E-state index contributed by atoms with van der Waals surface area (Å²) in [6, 6.07) is 0. The number of hydrogen-bond donors (Lipinski definition) is 0. The van der Waals surface area contributed by atoms with Crippen LogP contribution in [-0.2, 0) is 28.9 Å². The van der Waals surface area contributed by atoms with Gasteiger partial charge in [0.15, 0.2) is 5.78 Å². The fourth-order valence-corrected chi connectivity index (χ4v) is 2.34. The van der Waals surface area contributed by atoms with Crippen LogP contribution in [0.3, 0.4) is 0 Å². The Morgan fingerprint density at radius 2 is 2.12 bits per heavy atom. The topological polar surface area (TPSA) is 44.1 Å². The molecule has 4 nitrogen and oxygen atoms in total. The van der Waals surface area contributed by atoms with E-state index in [1.54, 1.807) is 0 Å². The molecule has 0 aliphatic carbocycles. The van der Waals surface area contributed by atoms with E-state index < -0.39 is 0 Å². The average Bonchev–Trinajstić information content (AvgIpc) is 2.63. The van der Waals surface area contributed by atoms with Crippen molar-refractivity contribution in [3.05, 3.63) is 15.9 Å². The normalized spacial score (nSPS) is 10.8. The van der Waals surface area contributed by atoms with Gasteiger partial charge < -0.3 is 4.74 Å². The van der Waals surface area contributed by atoms with Crippen molar-refractivity contribution in [1.29, 1.82) is 0 Å². The maximum absolute atomic E-state index is 11.7. The first-order valence-corrected chi connectivity index (χ1v) is 6.76. The van der Waals surface area contributed by atoms with Crippen molar-refractivity contribution in [3.63, 3.8) is 0 Å². The van der Waals surface area contributed by atoms with Crippen molar-refractivity contribution in [1.82, 2.24) is 9.78 Å². The molecule has 0 N–H and O–H groups in total. The molecule has 0 bridgehead atoms. The summed E-state index contributed by atoms with van der Waals surface area (Å²) in [4.78, 5) is 11.7. The van der Waals surface area contributed by atoms with Gasteiger partial charge in [-0.1, -0.05) is 6.92 Å². The van der Waals surface area contributed by atoms with Gasteiger partial charge in [0.2, 0.25) is 0 Å². The zero-order chi connectivity index (χ0) is 12.8. The first-order chi connectivity index (χ1) is 8.13. The van der Waals surface area contributed by atoms with Gasteiger partial charge in [0.25, 0.3) is 0 Å². The lowest BCUT2D eigenvalue weighted by Crippen LogP contribution is -2.14. The van der Waals surface area contributed by atoms with E-state index in [1.807, 2.05) is 18.5 Å². The SMILES string of the molecule is CCOCC(=O)Cc1c(Br)c(CC)nn1CC. The Balaban J connectivity index is 2.81. The Kier molecular flexibility index (Phi) is 5.85. The molecule has 0 aliphatic heterocycles. The van der Waals surface area contributed by atoms with E-state index in [9.17, 15) is 4.79 Å². The molecule has 1 rings (SSSR count). The maximum Gasteiger partial charge on any atom is 0.164 e. The van der Waals surface area contributed by atoms with Crippen LogP contribution in [0.4, 0.5) is 0 Å². The number of carbonyl (C=O) groups is 1. The number of ether oxygens (including phenoxy) is 1. The van der Waals surface area contributed by atoms with Gasteiger partial charge in [-0.15, -0.1) is 0 Å². The monoisotopic (exact) mass is 302 g/mol. The van der Waals surface area contributed by atoms with E-state index in [1.165, 1.54) is 0 Å². The summed E-state index contributed by atoms with van der Waals surface area (Å²) >= 11 is 3.52. The smallest absolute Gasteiger partial charge is 0.164 e. The summed E-state index contributed by atoms with van der Waals surface area (Å²) in [6.45, 7) is 7.48. The minimum Gasteiger partial charge on any atom is -0.374 e. The van der Waals surface area contributed by atoms with Crippen molar-refractivity contribution >= 4 is 21.7 Å². The third-order valence-corrected chi connectivity index (χ3v) is 3.44. The molecule has 0 spiro atoms. The highest BCUT2D eigenvalue weighted by Crippen LogP contribution is 2.22. The molecule has 17 heavy (non-hydrogen) atoms. The van der Waals surface area contributed by atoms with Crippen molar-refractivity contribution in [2.75, 3.05) is 13.2 Å². The summed E-state index contributed by atoms with van der Waals surface area (Å²) < 4.78 is 7.97. The average molecular weight is 303 g/mol. The van der Waals surface area contributed by atoms with E-state index in [4.69, 9.17) is 4.74 Å². The van der Waals surface area contributed by atoms with E-state index in [0.29, 0.717) is 13.0 Å². The Morgan fingerprint density at radius 1 is 1.41 bits per heavy atom. The second kappa shape index (κ2) is 6.91. The molecule has 0 atom stereocenters. The molecular weight excluding hydrogens is 284 g/mol. The van der Waals surface area contributed by atoms with Gasteiger partial charge in [0.05, 0.1) is 22.3 Å². The van der Waals surface area contributed by atoms with Crippen molar-refractivity contribution in [2.45, 2.75) is 40.2 Å². The van der Waals surface area contributed by atoms with Crippen LogP contribution in [0.1, 0.15) is 32.2 Å². The van der Waals surface area contributed by atoms with Gasteiger partial charge in [-0.2, -0.15) is 5.10 Å². The van der Waals surface area contributed by atoms with E-state index in [2.05, 4.69) is 28.0 Å². The van der Waals surface area contributed by atoms with Gasteiger partial charge in [-0.05, 0) is 36.2 Å². The molecule has 0 aromatic carbocycles. The highest BCUT2D eigenvalue weighted by molar-refractivity contribution is 9.10. The van der Waals surface area contributed by atoms with Crippen LogP contribution in [0.25, 0.3) is 0 Å². The molecule has 0 unspecified atom stereocenters. The molecule has 5 heteroatoms. The molecule has 1 aromatic rings. The van der Waals surface area contributed by atoms with Crippen LogP contribution in [-0.4, -0.2) is 28.8 Å². The van der Waals surface area contributed by atoms with Crippen LogP contribution in [0.15, 0.2) is 4.47 Å². The highest BCUT2D eigenvalue weighted by Gasteiger charge is 2.16. The summed E-state index contributed by atoms with van der Waals surface area (Å²) in [6.07, 6.45) is 1.24. The minimum absolute atomic E-state index is 0.0878. The van der Waals surface area contributed by atoms with Gasteiger partial charge in [0.1, 0.15) is 6.61 Å². The maximum atomic E-state index is 11.7. The molecule has 1 heterocycles. The largest absolute Gasteiger partial charge is 0.374 e. The molecule has 96 valence electrons. The number of Topliss-reactive ketones (excluding diaryl/α,β-unsaturated/α-hetero) is 1. The van der Waals surface area contributed by atoms with E-state index >= 15 is 0 Å². The molecule has 0 saturated heterocycles. The summed E-state index contributed by atoms with van der Waals surface area (Å²) in [5.74, 6) is 0.0878. The van der Waals surface area contributed by atoms with Crippen LogP contribution in [0.5, 0.6) is 0 Å². The predicted octanol–water partition coefficient (Wildman–Crippen LogP) is 2.38. The number of carbonyl (C=O) groups excluding carboxylic acids is 1. The summed E-state index contributed by atoms with van der Waals surface area (Å²) in [5.41, 5.74) is 1.96. The van der Waals surface area contributed by atoms with Crippen LogP contribution in [0, 0.1) is 0 Å². The Hall–Kier alpha value is -0.680. The highest BCUT2D eigenvalue weighted by atomic mass is 79.9. The van der Waals surface area contributed by atoms with Crippen molar-refractivity contribution in [2.24, 2.45) is 0 Å². The third kappa shape index (κ3) is 3.64. The standard InChI is InChI=1S/C12H19BrN2O2/c1-4-10-12(13)11(15(5-2)14-10)7-9(16)8-17-6-3/h4-8H2,1-3H3. The second-order valence-corrected chi connectivity index (χ2v) is 4.52. The number of nitrogens with zero attached hydrogens (tertiary/aromatic N) is 2. The molecule has 0 saturated carbocycles. The summed E-state index contributed by atoms with van der Waals surface area (Å²) in [5, 5.41) is 4.46. The predicted molar refractivity (Wildman–Crippen MR) is 70.2 cm³/mol. The molecule has 1 aromatic heterocycles. The number of halogens is 1. The second-order valence-electron chi connectivity index (χ2n) is 3.73. The summed E-state index contributed by atoms with van der Waals surface area (Å²) in [7, 11) is 0. The molecular formula is C12H19BrN2O2. The lowest BCUT2D eigenvalue weighted by atomic mass is 10.2. The Morgan fingerprint density at radius 3 is 2.65 bits per heavy atom. The van der Waals surface area contributed by atoms with Gasteiger partial charge in [-0.25, -0.2) is 0 Å². The van der Waals surface area contributed by atoms with Crippen LogP contribution >= 0.6 is 15.9 Å². The molecule has 0 radical (unpaired) electrons. The Labute approximate surface area is 110 Å². The number of aryl methyl sites for hydroxylation is 2. The van der Waals surface area contributed by atoms with Crippen LogP contribution < -0.4 is 0 Å². The van der Waals surface area contributed by atoms with Gasteiger partial charge >= 0.3 is 0 Å². The fourth-order valence-electron chi connectivity index (χ4n) is 1.64. The number of aromatic nitrogens is 2. The van der Waals surface area contributed by atoms with E-state index in [0.717, 1.165) is 28.8 Å². The first kappa shape index (κ1) is 14.4. The van der Waals surface area contributed by atoms with Gasteiger partial charge in [0, 0.05) is 13.2 Å². The van der Waals surface area contributed by atoms with Crippen LogP contribution in [0.2, 0.25) is 0 Å². The Bertz CT molecular complexity index is 388. The number of rotatable bonds is 7. The van der Waals surface area contributed by atoms with Crippen molar-refractivity contribution in [3.8, 4) is 0 Å². The first-order valence-electron chi connectivity index (χ1n) is 5.97. The zero-order valence-electron chi connectivity index (χ0n) is 10.6. The van der Waals surface area contributed by atoms with Gasteiger partial charge in [-0.3, -0.25) is 9.48 Å². The minimum atomic E-state index is 0.0878. The van der Waals surface area contributed by atoms with Crippen molar-refractivity contribution < 1.29 is 9.53 Å². The lowest BCUT2D eigenvalue weighted by molar-refractivity contribution is -0.122. The molecule has 0 fully saturated rings. The quantitative estimate of drug-likeness (QED) is 0.777. The zero-order valence-corrected chi connectivity index (χ0v) is 12.2.